The van der Waals surface area contributed by atoms with E-state index in [9.17, 15) is 14.0 Å². The van der Waals surface area contributed by atoms with Crippen LogP contribution in [0.1, 0.15) is 41.4 Å². The van der Waals surface area contributed by atoms with E-state index in [1.165, 1.54) is 19.2 Å². The lowest BCUT2D eigenvalue weighted by atomic mass is 9.96. The minimum atomic E-state index is -0.451. The summed E-state index contributed by atoms with van der Waals surface area (Å²) < 4.78 is 17.9. The molecule has 3 N–H and O–H groups in total. The van der Waals surface area contributed by atoms with Gasteiger partial charge in [-0.2, -0.15) is 0 Å². The molecule has 0 saturated heterocycles. The molecule has 0 heterocycles. The summed E-state index contributed by atoms with van der Waals surface area (Å²) in [6.07, 6.45) is 0. The third-order valence-electron chi connectivity index (χ3n) is 4.46. The van der Waals surface area contributed by atoms with Crippen molar-refractivity contribution in [2.24, 2.45) is 5.92 Å². The average Bonchev–Trinajstić information content (AvgIpc) is 2.64. The number of nitrogens with two attached hydrogens (primary N) is 1. The van der Waals surface area contributed by atoms with E-state index in [1.54, 1.807) is 30.3 Å². The third kappa shape index (κ3) is 5.62. The van der Waals surface area contributed by atoms with Gasteiger partial charge < -0.3 is 15.4 Å². The van der Waals surface area contributed by atoms with E-state index in [0.717, 1.165) is 11.1 Å². The summed E-state index contributed by atoms with van der Waals surface area (Å²) in [5.74, 6) is -0.631. The molecular weight excluding hydrogens is 347 g/mol. The Hall–Kier alpha value is -2.73. The monoisotopic (exact) mass is 373 g/mol. The number of benzene rings is 2. The van der Waals surface area contributed by atoms with E-state index < -0.39 is 5.97 Å². The molecule has 0 aliphatic carbocycles. The Morgan fingerprint density at radius 2 is 1.81 bits per heavy atom. The summed E-state index contributed by atoms with van der Waals surface area (Å²) in [5.41, 5.74) is 2.80. The number of carbonyl (C=O) groups is 2. The molecule has 144 valence electrons. The Kier molecular flexibility index (Phi) is 7.07. The number of hydrogen-bond acceptors (Lipinski definition) is 3. The first-order chi connectivity index (χ1) is 12.8. The van der Waals surface area contributed by atoms with Crippen LogP contribution in [0, 0.1) is 18.7 Å². The molecule has 0 bridgehead atoms. The van der Waals surface area contributed by atoms with Gasteiger partial charge in [0.15, 0.2) is 6.54 Å². The number of carbonyl (C=O) groups excluding carboxylic acids is 2. The van der Waals surface area contributed by atoms with Crippen molar-refractivity contribution in [1.82, 2.24) is 0 Å². The minimum Gasteiger partial charge on any atom is -0.465 e. The van der Waals surface area contributed by atoms with Gasteiger partial charge in [-0.05, 0) is 36.8 Å². The number of aryl methyl sites for hydroxylation is 1. The highest BCUT2D eigenvalue weighted by Crippen LogP contribution is 2.19. The van der Waals surface area contributed by atoms with Crippen LogP contribution in [-0.4, -0.2) is 25.5 Å². The van der Waals surface area contributed by atoms with Gasteiger partial charge in [-0.3, -0.25) is 4.79 Å². The van der Waals surface area contributed by atoms with E-state index in [0.29, 0.717) is 11.3 Å². The summed E-state index contributed by atoms with van der Waals surface area (Å²) in [4.78, 5) is 24.1. The Morgan fingerprint density at radius 3 is 2.41 bits per heavy atom. The minimum absolute atomic E-state index is 0.0406. The zero-order chi connectivity index (χ0) is 20.0. The molecule has 1 amide bonds. The quantitative estimate of drug-likeness (QED) is 0.733. The number of nitrogens with one attached hydrogen (secondary N) is 1. The van der Waals surface area contributed by atoms with Crippen LogP contribution in [0.2, 0.25) is 0 Å². The van der Waals surface area contributed by atoms with Crippen LogP contribution in [0.5, 0.6) is 0 Å². The molecule has 0 spiro atoms. The van der Waals surface area contributed by atoms with Crippen LogP contribution in [0.4, 0.5) is 10.1 Å². The van der Waals surface area contributed by atoms with Gasteiger partial charge >= 0.3 is 5.97 Å². The summed E-state index contributed by atoms with van der Waals surface area (Å²) in [6.45, 7) is 6.19. The Bertz CT molecular complexity index is 804. The molecule has 2 aromatic carbocycles. The Labute approximate surface area is 158 Å². The van der Waals surface area contributed by atoms with Crippen molar-refractivity contribution in [2.75, 3.05) is 19.0 Å². The summed E-state index contributed by atoms with van der Waals surface area (Å²) >= 11 is 0. The van der Waals surface area contributed by atoms with Gasteiger partial charge in [-0.25, -0.2) is 9.18 Å². The SMILES string of the molecule is COC(=O)c1ccc(C)c(NC(=O)C[NH2+][C@@H](c2ccc(F)cc2)C(C)C)c1. The summed E-state index contributed by atoms with van der Waals surface area (Å²) in [5, 5.41) is 4.78. The fourth-order valence-electron chi connectivity index (χ4n) is 2.91. The maximum atomic E-state index is 13.2. The number of rotatable bonds is 7. The van der Waals surface area contributed by atoms with Gasteiger partial charge in [-0.15, -0.1) is 0 Å². The predicted molar refractivity (Wildman–Crippen MR) is 102 cm³/mol. The topological polar surface area (TPSA) is 72.0 Å². The van der Waals surface area contributed by atoms with Crippen LogP contribution in [0.25, 0.3) is 0 Å². The number of amides is 1. The smallest absolute Gasteiger partial charge is 0.337 e. The highest BCUT2D eigenvalue weighted by molar-refractivity contribution is 5.95. The molecule has 2 rings (SSSR count). The van der Waals surface area contributed by atoms with E-state index in [4.69, 9.17) is 4.74 Å². The highest BCUT2D eigenvalue weighted by Gasteiger charge is 2.21. The highest BCUT2D eigenvalue weighted by atomic mass is 19.1. The summed E-state index contributed by atoms with van der Waals surface area (Å²) in [6, 6.07) is 11.4. The van der Waals surface area contributed by atoms with Crippen molar-refractivity contribution in [3.05, 3.63) is 65.0 Å². The molecular formula is C21H26FN2O3+. The molecule has 0 fully saturated rings. The number of quaternary nitrogens is 1. The lowest BCUT2D eigenvalue weighted by Gasteiger charge is -2.19. The molecule has 2 aromatic rings. The zero-order valence-corrected chi connectivity index (χ0v) is 16.1. The van der Waals surface area contributed by atoms with Crippen molar-refractivity contribution in [3.63, 3.8) is 0 Å². The van der Waals surface area contributed by atoms with Crippen molar-refractivity contribution in [2.45, 2.75) is 26.8 Å². The van der Waals surface area contributed by atoms with Gasteiger partial charge in [0.05, 0.1) is 12.7 Å². The second-order valence-corrected chi connectivity index (χ2v) is 6.83. The molecule has 0 unspecified atom stereocenters. The number of methoxy groups -OCH3 is 1. The first-order valence-corrected chi connectivity index (χ1v) is 8.89. The molecule has 0 aliphatic heterocycles. The molecule has 0 saturated carbocycles. The molecule has 6 heteroatoms. The van der Waals surface area contributed by atoms with Crippen molar-refractivity contribution in [3.8, 4) is 0 Å². The van der Waals surface area contributed by atoms with Gasteiger partial charge in [0, 0.05) is 17.2 Å². The van der Waals surface area contributed by atoms with E-state index in [1.807, 2.05) is 12.2 Å². The van der Waals surface area contributed by atoms with Crippen LogP contribution >= 0.6 is 0 Å². The molecule has 0 radical (unpaired) electrons. The van der Waals surface area contributed by atoms with Gasteiger partial charge in [0.2, 0.25) is 0 Å². The first kappa shape index (κ1) is 20.6. The predicted octanol–water partition coefficient (Wildman–Crippen LogP) is 2.82. The van der Waals surface area contributed by atoms with Gasteiger partial charge in [-0.1, -0.05) is 32.0 Å². The second kappa shape index (κ2) is 9.28. The number of hydrogen-bond donors (Lipinski definition) is 2. The number of halogens is 1. The fraction of sp³-hybridized carbons (Fsp3) is 0.333. The average molecular weight is 373 g/mol. The molecule has 5 nitrogen and oxygen atoms in total. The molecule has 0 aliphatic rings. The van der Waals surface area contributed by atoms with Gasteiger partial charge in [0.1, 0.15) is 11.9 Å². The lowest BCUT2D eigenvalue weighted by molar-refractivity contribution is -0.692. The van der Waals surface area contributed by atoms with E-state index in [2.05, 4.69) is 19.2 Å². The van der Waals surface area contributed by atoms with Crippen LogP contribution in [0.15, 0.2) is 42.5 Å². The van der Waals surface area contributed by atoms with Crippen LogP contribution in [-0.2, 0) is 9.53 Å². The van der Waals surface area contributed by atoms with E-state index >= 15 is 0 Å². The maximum absolute atomic E-state index is 13.2. The largest absolute Gasteiger partial charge is 0.465 e. The normalized spacial score (nSPS) is 11.9. The maximum Gasteiger partial charge on any atom is 0.337 e. The molecule has 27 heavy (non-hydrogen) atoms. The van der Waals surface area contributed by atoms with Crippen molar-refractivity contribution >= 4 is 17.6 Å². The third-order valence-corrected chi connectivity index (χ3v) is 4.46. The second-order valence-electron chi connectivity index (χ2n) is 6.83. The van der Waals surface area contributed by atoms with Crippen LogP contribution < -0.4 is 10.6 Å². The number of ether oxygens (including phenoxy) is 1. The number of anilines is 1. The Balaban J connectivity index is 2.04. The molecule has 1 atom stereocenters. The van der Waals surface area contributed by atoms with Crippen molar-refractivity contribution < 1.29 is 24.0 Å². The first-order valence-electron chi connectivity index (χ1n) is 8.89. The number of esters is 1. The van der Waals surface area contributed by atoms with Gasteiger partial charge in [0.25, 0.3) is 5.91 Å². The zero-order valence-electron chi connectivity index (χ0n) is 16.1. The van der Waals surface area contributed by atoms with E-state index in [-0.39, 0.29) is 30.2 Å². The standard InChI is InChI=1S/C21H25FN2O3/c1-13(2)20(15-7-9-17(22)10-8-15)23-12-19(25)24-18-11-16(21(26)27-4)6-5-14(18)3/h5-11,13,20,23H,12H2,1-4H3,(H,24,25)/p+1/t20-/m1/s1. The summed E-state index contributed by atoms with van der Waals surface area (Å²) in [7, 11) is 1.32. The fourth-order valence-corrected chi connectivity index (χ4v) is 2.91. The van der Waals surface area contributed by atoms with Crippen molar-refractivity contribution in [1.29, 1.82) is 0 Å². The molecule has 0 aromatic heterocycles. The lowest BCUT2D eigenvalue weighted by Crippen LogP contribution is -2.88. The Morgan fingerprint density at radius 1 is 1.15 bits per heavy atom. The van der Waals surface area contributed by atoms with Crippen LogP contribution in [0.3, 0.4) is 0 Å².